The molecule has 2 atom stereocenters. The minimum atomic E-state index is 0.652. The minimum absolute atomic E-state index is 0.652. The van der Waals surface area contributed by atoms with E-state index in [1.807, 2.05) is 0 Å². The van der Waals surface area contributed by atoms with Crippen molar-refractivity contribution in [3.8, 4) is 0 Å². The van der Waals surface area contributed by atoms with Crippen LogP contribution in [0.4, 0.5) is 0 Å². The third-order valence-electron chi connectivity index (χ3n) is 4.90. The average Bonchev–Trinajstić information content (AvgIpc) is 3.13. The lowest BCUT2D eigenvalue weighted by molar-refractivity contribution is 0.560. The van der Waals surface area contributed by atoms with Crippen LogP contribution in [0.3, 0.4) is 0 Å². The zero-order valence-corrected chi connectivity index (χ0v) is 12.7. The van der Waals surface area contributed by atoms with Crippen LogP contribution in [0.25, 0.3) is 10.9 Å². The van der Waals surface area contributed by atoms with Crippen LogP contribution in [0, 0.1) is 0 Å². The van der Waals surface area contributed by atoms with E-state index in [1.54, 1.807) is 0 Å². The summed E-state index contributed by atoms with van der Waals surface area (Å²) in [6.45, 7) is 5.78. The lowest BCUT2D eigenvalue weighted by atomic mass is 9.95. The summed E-state index contributed by atoms with van der Waals surface area (Å²) < 4.78 is 0. The largest absolute Gasteiger partial charge is 0.361 e. The topological polar surface area (TPSA) is 27.8 Å². The molecule has 1 aliphatic rings. The van der Waals surface area contributed by atoms with Crippen LogP contribution in [-0.4, -0.2) is 17.6 Å². The number of aromatic amines is 1. The van der Waals surface area contributed by atoms with Gasteiger partial charge in [-0.25, -0.2) is 0 Å². The first-order valence-corrected chi connectivity index (χ1v) is 8.11. The van der Waals surface area contributed by atoms with E-state index in [4.69, 9.17) is 0 Å². The zero-order valence-electron chi connectivity index (χ0n) is 12.7. The van der Waals surface area contributed by atoms with Crippen LogP contribution in [0.15, 0.2) is 24.4 Å². The van der Waals surface area contributed by atoms with E-state index < -0.39 is 0 Å². The second kappa shape index (κ2) is 6.01. The number of hydrogen-bond donors (Lipinski definition) is 2. The van der Waals surface area contributed by atoms with Gasteiger partial charge < -0.3 is 10.3 Å². The molecule has 2 N–H and O–H groups in total. The maximum atomic E-state index is 3.60. The fourth-order valence-corrected chi connectivity index (χ4v) is 3.28. The number of rotatable bonds is 5. The third kappa shape index (κ3) is 2.76. The molecule has 1 aliphatic heterocycles. The number of aromatic nitrogens is 1. The Balaban J connectivity index is 1.79. The molecule has 0 spiro atoms. The molecule has 2 aromatic rings. The highest BCUT2D eigenvalue weighted by Crippen LogP contribution is 2.26. The van der Waals surface area contributed by atoms with E-state index in [0.29, 0.717) is 5.92 Å². The standard InChI is InChI=1S/C18H26N2/c1-3-13(2)14-7-9-18-17(11-14)15(12-20-18)6-8-16-5-4-10-19-16/h7,9,11-13,16,19-20H,3-6,8,10H2,1-2H3. The van der Waals surface area contributed by atoms with Crippen molar-refractivity contribution in [1.82, 2.24) is 10.3 Å². The van der Waals surface area contributed by atoms with Crippen LogP contribution < -0.4 is 5.32 Å². The van der Waals surface area contributed by atoms with Gasteiger partial charge in [0.25, 0.3) is 0 Å². The fraction of sp³-hybridized carbons (Fsp3) is 0.556. The van der Waals surface area contributed by atoms with Crippen molar-refractivity contribution in [2.45, 2.75) is 57.9 Å². The highest BCUT2D eigenvalue weighted by molar-refractivity contribution is 5.84. The summed E-state index contributed by atoms with van der Waals surface area (Å²) >= 11 is 0. The summed E-state index contributed by atoms with van der Waals surface area (Å²) in [4.78, 5) is 3.43. The molecule has 20 heavy (non-hydrogen) atoms. The molecule has 0 amide bonds. The Kier molecular flexibility index (Phi) is 4.11. The molecule has 1 aromatic carbocycles. The average molecular weight is 270 g/mol. The van der Waals surface area contributed by atoms with E-state index in [9.17, 15) is 0 Å². The van der Waals surface area contributed by atoms with Crippen molar-refractivity contribution >= 4 is 10.9 Å². The predicted octanol–water partition coefficient (Wildman–Crippen LogP) is 4.37. The van der Waals surface area contributed by atoms with Crippen molar-refractivity contribution in [2.24, 2.45) is 0 Å². The molecule has 2 unspecified atom stereocenters. The maximum Gasteiger partial charge on any atom is 0.0456 e. The van der Waals surface area contributed by atoms with Gasteiger partial charge in [-0.05, 0) is 67.8 Å². The molecular formula is C18H26N2. The predicted molar refractivity (Wildman–Crippen MR) is 86.4 cm³/mol. The molecular weight excluding hydrogens is 244 g/mol. The molecule has 2 heteroatoms. The number of fused-ring (bicyclic) bond motifs is 1. The molecule has 2 nitrogen and oxygen atoms in total. The first-order chi connectivity index (χ1) is 9.78. The Morgan fingerprint density at radius 3 is 3.00 bits per heavy atom. The molecule has 2 heterocycles. The fourth-order valence-electron chi connectivity index (χ4n) is 3.28. The quantitative estimate of drug-likeness (QED) is 0.829. The lowest BCUT2D eigenvalue weighted by Crippen LogP contribution is -2.21. The Hall–Kier alpha value is -1.28. The van der Waals surface area contributed by atoms with E-state index in [0.717, 1.165) is 6.04 Å². The molecule has 1 aromatic heterocycles. The lowest BCUT2D eigenvalue weighted by Gasteiger charge is -2.11. The molecule has 1 fully saturated rings. The van der Waals surface area contributed by atoms with E-state index in [2.05, 4.69) is 48.5 Å². The van der Waals surface area contributed by atoms with Gasteiger partial charge in [0.05, 0.1) is 0 Å². The van der Waals surface area contributed by atoms with Crippen molar-refractivity contribution in [1.29, 1.82) is 0 Å². The van der Waals surface area contributed by atoms with Crippen LogP contribution >= 0.6 is 0 Å². The molecule has 0 saturated carbocycles. The van der Waals surface area contributed by atoms with Gasteiger partial charge in [0, 0.05) is 23.1 Å². The summed E-state index contributed by atoms with van der Waals surface area (Å²) in [6.07, 6.45) is 8.55. The Labute approximate surface area is 122 Å². The molecule has 0 radical (unpaired) electrons. The van der Waals surface area contributed by atoms with Crippen molar-refractivity contribution < 1.29 is 0 Å². The highest BCUT2D eigenvalue weighted by atomic mass is 14.9. The van der Waals surface area contributed by atoms with Gasteiger partial charge in [-0.2, -0.15) is 0 Å². The van der Waals surface area contributed by atoms with E-state index in [1.165, 1.54) is 60.7 Å². The van der Waals surface area contributed by atoms with Crippen molar-refractivity contribution in [2.75, 3.05) is 6.54 Å². The van der Waals surface area contributed by atoms with E-state index >= 15 is 0 Å². The van der Waals surface area contributed by atoms with Gasteiger partial charge in [0.2, 0.25) is 0 Å². The SMILES string of the molecule is CCC(C)c1ccc2[nH]cc(CCC3CCCN3)c2c1. The number of aryl methyl sites for hydroxylation is 1. The van der Waals surface area contributed by atoms with Gasteiger partial charge in [-0.3, -0.25) is 0 Å². The summed E-state index contributed by atoms with van der Waals surface area (Å²) in [5.41, 5.74) is 4.24. The Morgan fingerprint density at radius 2 is 2.25 bits per heavy atom. The number of benzene rings is 1. The summed E-state index contributed by atoms with van der Waals surface area (Å²) in [7, 11) is 0. The van der Waals surface area contributed by atoms with Crippen LogP contribution in [0.1, 0.15) is 56.6 Å². The summed E-state index contributed by atoms with van der Waals surface area (Å²) in [5, 5.41) is 5.03. The highest BCUT2D eigenvalue weighted by Gasteiger charge is 2.15. The van der Waals surface area contributed by atoms with Gasteiger partial charge in [0.1, 0.15) is 0 Å². The monoisotopic (exact) mass is 270 g/mol. The van der Waals surface area contributed by atoms with Gasteiger partial charge >= 0.3 is 0 Å². The van der Waals surface area contributed by atoms with Crippen LogP contribution in [-0.2, 0) is 6.42 Å². The Bertz CT molecular complexity index is 564. The minimum Gasteiger partial charge on any atom is -0.361 e. The summed E-state index contributed by atoms with van der Waals surface area (Å²) in [6, 6.07) is 7.65. The maximum absolute atomic E-state index is 3.60. The first-order valence-electron chi connectivity index (χ1n) is 8.11. The second-order valence-corrected chi connectivity index (χ2v) is 6.26. The molecule has 108 valence electrons. The third-order valence-corrected chi connectivity index (χ3v) is 4.90. The number of hydrogen-bond acceptors (Lipinski definition) is 1. The van der Waals surface area contributed by atoms with Crippen molar-refractivity contribution in [3.63, 3.8) is 0 Å². The first kappa shape index (κ1) is 13.7. The van der Waals surface area contributed by atoms with Gasteiger partial charge in [-0.15, -0.1) is 0 Å². The zero-order chi connectivity index (χ0) is 13.9. The van der Waals surface area contributed by atoms with Gasteiger partial charge in [-0.1, -0.05) is 19.9 Å². The smallest absolute Gasteiger partial charge is 0.0456 e. The molecule has 1 saturated heterocycles. The van der Waals surface area contributed by atoms with Crippen molar-refractivity contribution in [3.05, 3.63) is 35.5 Å². The second-order valence-electron chi connectivity index (χ2n) is 6.26. The van der Waals surface area contributed by atoms with Gasteiger partial charge in [0.15, 0.2) is 0 Å². The molecule has 3 rings (SSSR count). The summed E-state index contributed by atoms with van der Waals surface area (Å²) in [5.74, 6) is 0.652. The van der Waals surface area contributed by atoms with Crippen LogP contribution in [0.2, 0.25) is 0 Å². The van der Waals surface area contributed by atoms with E-state index in [-0.39, 0.29) is 0 Å². The normalized spacial score (nSPS) is 20.6. The van der Waals surface area contributed by atoms with Crippen LogP contribution in [0.5, 0.6) is 0 Å². The number of H-pyrrole nitrogens is 1. The Morgan fingerprint density at radius 1 is 1.35 bits per heavy atom. The number of nitrogens with one attached hydrogen (secondary N) is 2. The molecule has 0 bridgehead atoms. The molecule has 0 aliphatic carbocycles.